The molecule has 0 radical (unpaired) electrons. The molecule has 0 bridgehead atoms. The summed E-state index contributed by atoms with van der Waals surface area (Å²) in [5, 5.41) is 17.2. The van der Waals surface area contributed by atoms with Crippen LogP contribution in [-0.2, 0) is 11.3 Å². The summed E-state index contributed by atoms with van der Waals surface area (Å²) in [5.41, 5.74) is 1.62. The van der Waals surface area contributed by atoms with Crippen molar-refractivity contribution in [2.24, 2.45) is 5.92 Å². The van der Waals surface area contributed by atoms with Crippen LogP contribution in [-0.4, -0.2) is 55.4 Å². The summed E-state index contributed by atoms with van der Waals surface area (Å²) >= 11 is 1.78. The number of benzene rings is 1. The van der Waals surface area contributed by atoms with E-state index in [0.717, 1.165) is 42.8 Å². The maximum atomic E-state index is 13.0. The van der Waals surface area contributed by atoms with E-state index in [2.05, 4.69) is 25.9 Å². The van der Waals surface area contributed by atoms with Crippen molar-refractivity contribution >= 4 is 23.6 Å². The first-order chi connectivity index (χ1) is 13.7. The van der Waals surface area contributed by atoms with Crippen molar-refractivity contribution in [2.75, 3.05) is 18.1 Å². The molecule has 9 heteroatoms. The van der Waals surface area contributed by atoms with E-state index in [-0.39, 0.29) is 23.8 Å². The number of hydrogen-bond donors (Lipinski definition) is 2. The van der Waals surface area contributed by atoms with Gasteiger partial charge < -0.3 is 10.2 Å². The first kappa shape index (κ1) is 18.9. The first-order valence-corrected chi connectivity index (χ1v) is 10.9. The van der Waals surface area contributed by atoms with E-state index >= 15 is 0 Å². The predicted octanol–water partition coefficient (Wildman–Crippen LogP) is 1.94. The number of nitrogens with zero attached hydrogens (tertiary/aromatic N) is 4. The van der Waals surface area contributed by atoms with Crippen molar-refractivity contribution in [1.29, 1.82) is 0 Å². The van der Waals surface area contributed by atoms with Gasteiger partial charge in [0.25, 0.3) is 5.91 Å². The Labute approximate surface area is 167 Å². The van der Waals surface area contributed by atoms with E-state index in [1.807, 2.05) is 29.2 Å². The predicted molar refractivity (Wildman–Crippen MR) is 106 cm³/mol. The summed E-state index contributed by atoms with van der Waals surface area (Å²) in [5.74, 6) is 2.48. The smallest absolute Gasteiger partial charge is 0.254 e. The van der Waals surface area contributed by atoms with Crippen LogP contribution in [0.1, 0.15) is 53.5 Å². The minimum Gasteiger partial charge on any atom is -0.352 e. The van der Waals surface area contributed by atoms with Crippen LogP contribution in [0.3, 0.4) is 0 Å². The number of hydrogen-bond acceptors (Lipinski definition) is 6. The van der Waals surface area contributed by atoms with Gasteiger partial charge in [0.05, 0.1) is 0 Å². The van der Waals surface area contributed by atoms with Gasteiger partial charge in [-0.1, -0.05) is 30.2 Å². The number of rotatable bonds is 5. The van der Waals surface area contributed by atoms with Gasteiger partial charge in [-0.25, -0.2) is 0 Å². The lowest BCUT2D eigenvalue weighted by Crippen LogP contribution is -2.41. The van der Waals surface area contributed by atoms with Gasteiger partial charge in [0.15, 0.2) is 5.82 Å². The van der Waals surface area contributed by atoms with Gasteiger partial charge in [-0.05, 0) is 30.5 Å². The van der Waals surface area contributed by atoms with Crippen molar-refractivity contribution in [3.8, 4) is 0 Å². The fourth-order valence-electron chi connectivity index (χ4n) is 3.82. The third-order valence-corrected chi connectivity index (χ3v) is 6.47. The lowest BCUT2D eigenvalue weighted by Gasteiger charge is -2.33. The minimum atomic E-state index is -0.171. The zero-order valence-corrected chi connectivity index (χ0v) is 16.5. The van der Waals surface area contributed by atoms with Crippen LogP contribution in [0.5, 0.6) is 0 Å². The van der Waals surface area contributed by atoms with Crippen LogP contribution >= 0.6 is 11.8 Å². The Morgan fingerprint density at radius 3 is 2.71 bits per heavy atom. The highest BCUT2D eigenvalue weighted by Gasteiger charge is 2.31. The van der Waals surface area contributed by atoms with Gasteiger partial charge in [0.1, 0.15) is 6.04 Å². The highest BCUT2D eigenvalue weighted by Crippen LogP contribution is 2.28. The molecule has 2 amide bonds. The molecular weight excluding hydrogens is 376 g/mol. The zero-order chi connectivity index (χ0) is 19.3. The molecule has 2 aromatic rings. The molecule has 0 spiro atoms. The second kappa shape index (κ2) is 8.72. The number of carbonyl (C=O) groups excluding carboxylic acids is 2. The molecule has 2 aliphatic rings. The lowest BCUT2D eigenvalue weighted by atomic mass is 10.1. The van der Waals surface area contributed by atoms with Crippen LogP contribution in [0.15, 0.2) is 24.3 Å². The minimum absolute atomic E-state index is 0.0309. The van der Waals surface area contributed by atoms with Gasteiger partial charge in [-0.15, -0.1) is 10.2 Å². The molecule has 8 nitrogen and oxygen atoms in total. The molecule has 1 aliphatic carbocycles. The molecule has 1 saturated heterocycles. The Hall–Kier alpha value is -2.42. The highest BCUT2D eigenvalue weighted by atomic mass is 32.2. The van der Waals surface area contributed by atoms with Crippen molar-refractivity contribution in [2.45, 2.75) is 38.3 Å². The molecule has 2 heterocycles. The summed E-state index contributed by atoms with van der Waals surface area (Å²) < 4.78 is 0. The molecule has 1 aromatic carbocycles. The number of aromatic amines is 1. The first-order valence-electron chi connectivity index (χ1n) is 9.71. The topological polar surface area (TPSA) is 104 Å². The summed E-state index contributed by atoms with van der Waals surface area (Å²) in [4.78, 5) is 27.0. The van der Waals surface area contributed by atoms with E-state index in [1.165, 1.54) is 0 Å². The standard InChI is InChI=1S/C19H24N6O2S/c26-18(14-3-1-2-4-14)20-11-13-5-7-15(8-6-13)19(27)25-9-10-28-12-16(25)17-21-23-24-22-17/h5-8,14,16H,1-4,9-12H2,(H,20,26)(H,21,22,23,24). The van der Waals surface area contributed by atoms with E-state index in [0.29, 0.717) is 24.5 Å². The monoisotopic (exact) mass is 400 g/mol. The van der Waals surface area contributed by atoms with Gasteiger partial charge in [-0.2, -0.15) is 17.0 Å². The van der Waals surface area contributed by atoms with E-state index in [4.69, 9.17) is 0 Å². The molecule has 148 valence electrons. The fraction of sp³-hybridized carbons (Fsp3) is 0.526. The second-order valence-corrected chi connectivity index (χ2v) is 8.41. The maximum absolute atomic E-state index is 13.0. The average molecular weight is 401 g/mol. The van der Waals surface area contributed by atoms with Crippen LogP contribution in [0.4, 0.5) is 0 Å². The Balaban J connectivity index is 1.38. The average Bonchev–Trinajstić information content (AvgIpc) is 3.46. The van der Waals surface area contributed by atoms with Crippen LogP contribution < -0.4 is 5.32 Å². The summed E-state index contributed by atoms with van der Waals surface area (Å²) in [6.07, 6.45) is 4.29. The van der Waals surface area contributed by atoms with E-state index in [9.17, 15) is 9.59 Å². The van der Waals surface area contributed by atoms with Gasteiger partial charge in [0, 0.05) is 36.1 Å². The Morgan fingerprint density at radius 2 is 2.00 bits per heavy atom. The van der Waals surface area contributed by atoms with Crippen LogP contribution in [0.2, 0.25) is 0 Å². The number of carbonyl (C=O) groups is 2. The Bertz CT molecular complexity index is 804. The zero-order valence-electron chi connectivity index (χ0n) is 15.6. The van der Waals surface area contributed by atoms with Gasteiger partial charge in [0.2, 0.25) is 5.91 Å². The molecular formula is C19H24N6O2S. The fourth-order valence-corrected chi connectivity index (χ4v) is 4.87. The van der Waals surface area contributed by atoms with Crippen LogP contribution in [0, 0.1) is 5.92 Å². The van der Waals surface area contributed by atoms with Crippen molar-refractivity contribution in [3.63, 3.8) is 0 Å². The van der Waals surface area contributed by atoms with Crippen molar-refractivity contribution < 1.29 is 9.59 Å². The third-order valence-electron chi connectivity index (χ3n) is 5.44. The summed E-state index contributed by atoms with van der Waals surface area (Å²) in [7, 11) is 0. The number of nitrogens with one attached hydrogen (secondary N) is 2. The lowest BCUT2D eigenvalue weighted by molar-refractivity contribution is -0.124. The second-order valence-electron chi connectivity index (χ2n) is 7.26. The SMILES string of the molecule is O=C(NCc1ccc(C(=O)N2CCSCC2c2nn[nH]n2)cc1)C1CCCC1. The number of amides is 2. The van der Waals surface area contributed by atoms with E-state index < -0.39 is 0 Å². The Morgan fingerprint density at radius 1 is 1.21 bits per heavy atom. The molecule has 1 aromatic heterocycles. The summed E-state index contributed by atoms with van der Waals surface area (Å²) in [6, 6.07) is 7.30. The van der Waals surface area contributed by atoms with E-state index in [1.54, 1.807) is 11.8 Å². The summed E-state index contributed by atoms with van der Waals surface area (Å²) in [6.45, 7) is 1.15. The number of H-pyrrole nitrogens is 1. The number of aromatic nitrogens is 4. The molecule has 1 saturated carbocycles. The third kappa shape index (κ3) is 4.19. The maximum Gasteiger partial charge on any atom is 0.254 e. The quantitative estimate of drug-likeness (QED) is 0.795. The van der Waals surface area contributed by atoms with Gasteiger partial charge in [-0.3, -0.25) is 9.59 Å². The van der Waals surface area contributed by atoms with Gasteiger partial charge >= 0.3 is 0 Å². The molecule has 2 N–H and O–H groups in total. The molecule has 4 rings (SSSR count). The van der Waals surface area contributed by atoms with Crippen molar-refractivity contribution in [3.05, 3.63) is 41.2 Å². The Kier molecular flexibility index (Phi) is 5.90. The normalized spacial score (nSPS) is 20.3. The molecule has 1 atom stereocenters. The molecule has 28 heavy (non-hydrogen) atoms. The van der Waals surface area contributed by atoms with Crippen molar-refractivity contribution in [1.82, 2.24) is 30.8 Å². The largest absolute Gasteiger partial charge is 0.352 e. The van der Waals surface area contributed by atoms with Crippen LogP contribution in [0.25, 0.3) is 0 Å². The number of tetrazole rings is 1. The number of thioether (sulfide) groups is 1. The molecule has 2 fully saturated rings. The molecule has 1 unspecified atom stereocenters. The molecule has 1 aliphatic heterocycles. The highest BCUT2D eigenvalue weighted by molar-refractivity contribution is 7.99.